The summed E-state index contributed by atoms with van der Waals surface area (Å²) in [6, 6.07) is 6.20. The molecule has 0 aliphatic rings. The average molecular weight is 264 g/mol. The monoisotopic (exact) mass is 264 g/mol. The Morgan fingerprint density at radius 1 is 1.42 bits per heavy atom. The molecule has 19 heavy (non-hydrogen) atoms. The van der Waals surface area contributed by atoms with Crippen LogP contribution in [0.5, 0.6) is 5.75 Å². The van der Waals surface area contributed by atoms with E-state index >= 15 is 0 Å². The molecule has 1 aromatic carbocycles. The molecule has 0 radical (unpaired) electrons. The average Bonchev–Trinajstić information content (AvgIpc) is 2.39. The molecule has 1 aromatic rings. The zero-order valence-electron chi connectivity index (χ0n) is 10.7. The van der Waals surface area contributed by atoms with E-state index in [1.165, 1.54) is 12.1 Å². The first-order valence-electron chi connectivity index (χ1n) is 5.90. The van der Waals surface area contributed by atoms with Crippen LogP contribution in [0.3, 0.4) is 0 Å². The number of ether oxygens (including phenoxy) is 2. The molecule has 5 heteroatoms. The van der Waals surface area contributed by atoms with Gasteiger partial charge in [-0.05, 0) is 18.6 Å². The second-order valence-electron chi connectivity index (χ2n) is 3.78. The van der Waals surface area contributed by atoms with Crippen LogP contribution in [0.1, 0.15) is 30.1 Å². The molecule has 0 heterocycles. The van der Waals surface area contributed by atoms with Crippen LogP contribution in [0.25, 0.3) is 0 Å². The summed E-state index contributed by atoms with van der Waals surface area (Å²) in [7, 11) is 0. The Morgan fingerprint density at radius 2 is 2.11 bits per heavy atom. The maximum Gasteiger partial charge on any atom is 0.339 e. The maximum atomic E-state index is 11.2. The van der Waals surface area contributed by atoms with E-state index in [2.05, 4.69) is 6.58 Å². The van der Waals surface area contributed by atoms with Crippen LogP contribution in [0, 0.1) is 0 Å². The quantitative estimate of drug-likeness (QED) is 0.465. The fourth-order valence-corrected chi connectivity index (χ4v) is 1.44. The Balaban J connectivity index is 2.86. The van der Waals surface area contributed by atoms with Crippen molar-refractivity contribution in [2.75, 3.05) is 0 Å². The second kappa shape index (κ2) is 7.20. The van der Waals surface area contributed by atoms with E-state index < -0.39 is 18.2 Å². The number of hydrogen-bond donors (Lipinski definition) is 1. The Morgan fingerprint density at radius 3 is 2.68 bits per heavy atom. The van der Waals surface area contributed by atoms with Gasteiger partial charge in [0.15, 0.2) is 0 Å². The Labute approximate surface area is 111 Å². The van der Waals surface area contributed by atoms with Crippen LogP contribution in [0.2, 0.25) is 0 Å². The van der Waals surface area contributed by atoms with E-state index in [1.54, 1.807) is 12.1 Å². The molecule has 0 aliphatic heterocycles. The molecule has 1 rings (SSSR count). The number of benzene rings is 1. The number of rotatable bonds is 7. The second-order valence-corrected chi connectivity index (χ2v) is 3.78. The number of carbonyl (C=O) groups is 2. The van der Waals surface area contributed by atoms with Crippen LogP contribution in [-0.2, 0) is 9.53 Å². The minimum Gasteiger partial charge on any atom is -0.478 e. The van der Waals surface area contributed by atoms with E-state index in [0.29, 0.717) is 6.42 Å². The zero-order valence-corrected chi connectivity index (χ0v) is 10.7. The van der Waals surface area contributed by atoms with Crippen LogP contribution in [-0.4, -0.2) is 23.3 Å². The van der Waals surface area contributed by atoms with Crippen molar-refractivity contribution in [2.24, 2.45) is 0 Å². The fraction of sp³-hybridized carbons (Fsp3) is 0.286. The molecule has 1 unspecified atom stereocenters. The summed E-state index contributed by atoms with van der Waals surface area (Å²) in [6.07, 6.45) is 1.41. The van der Waals surface area contributed by atoms with Gasteiger partial charge >= 0.3 is 11.9 Å². The number of carbonyl (C=O) groups excluding carboxylic acids is 1. The summed E-state index contributed by atoms with van der Waals surface area (Å²) in [5, 5.41) is 9.03. The maximum absolute atomic E-state index is 11.2. The van der Waals surface area contributed by atoms with Crippen molar-refractivity contribution in [1.29, 1.82) is 0 Å². The standard InChI is InChI=1S/C14H16O5/c1-3-7-13(19-12(15)4-2)18-11-9-6-5-8-10(11)14(16)17/h4-6,8-9,13H,2-3,7H2,1H3,(H,16,17). The van der Waals surface area contributed by atoms with E-state index in [4.69, 9.17) is 14.6 Å². The highest BCUT2D eigenvalue weighted by Crippen LogP contribution is 2.21. The number of carboxylic acid groups (broad SMARTS) is 1. The first-order chi connectivity index (χ1) is 9.08. The summed E-state index contributed by atoms with van der Waals surface area (Å²) < 4.78 is 10.5. The summed E-state index contributed by atoms with van der Waals surface area (Å²) in [4.78, 5) is 22.2. The predicted octanol–water partition coefficient (Wildman–Crippen LogP) is 2.62. The van der Waals surface area contributed by atoms with Gasteiger partial charge in [0.2, 0.25) is 6.29 Å². The van der Waals surface area contributed by atoms with Crippen LogP contribution in [0.15, 0.2) is 36.9 Å². The topological polar surface area (TPSA) is 72.8 Å². The minimum atomic E-state index is -1.10. The summed E-state index contributed by atoms with van der Waals surface area (Å²) in [6.45, 7) is 5.21. The van der Waals surface area contributed by atoms with Crippen molar-refractivity contribution in [3.05, 3.63) is 42.5 Å². The Hall–Kier alpha value is -2.30. The molecule has 102 valence electrons. The van der Waals surface area contributed by atoms with Crippen LogP contribution in [0.4, 0.5) is 0 Å². The number of hydrogen-bond acceptors (Lipinski definition) is 4. The van der Waals surface area contributed by atoms with Crippen molar-refractivity contribution in [3.63, 3.8) is 0 Å². The van der Waals surface area contributed by atoms with E-state index in [1.807, 2.05) is 6.92 Å². The molecule has 0 aromatic heterocycles. The van der Waals surface area contributed by atoms with Gasteiger partial charge in [-0.2, -0.15) is 0 Å². The van der Waals surface area contributed by atoms with Gasteiger partial charge in [-0.1, -0.05) is 25.6 Å². The molecular weight excluding hydrogens is 248 g/mol. The molecule has 0 fully saturated rings. The van der Waals surface area contributed by atoms with Gasteiger partial charge in [-0.15, -0.1) is 0 Å². The molecule has 0 saturated heterocycles. The molecule has 0 aliphatic carbocycles. The van der Waals surface area contributed by atoms with Gasteiger partial charge in [0.1, 0.15) is 11.3 Å². The minimum absolute atomic E-state index is 0.0262. The van der Waals surface area contributed by atoms with Gasteiger partial charge in [-0.3, -0.25) is 0 Å². The van der Waals surface area contributed by atoms with Gasteiger partial charge in [-0.25, -0.2) is 9.59 Å². The molecule has 0 spiro atoms. The van der Waals surface area contributed by atoms with E-state index in [9.17, 15) is 9.59 Å². The van der Waals surface area contributed by atoms with E-state index in [0.717, 1.165) is 12.5 Å². The lowest BCUT2D eigenvalue weighted by Gasteiger charge is -2.19. The highest BCUT2D eigenvalue weighted by Gasteiger charge is 2.17. The molecule has 0 bridgehead atoms. The first kappa shape index (κ1) is 14.8. The third-order valence-corrected chi connectivity index (χ3v) is 2.31. The number of carboxylic acids is 1. The number of para-hydroxylation sites is 1. The lowest BCUT2D eigenvalue weighted by atomic mass is 10.2. The van der Waals surface area contributed by atoms with Gasteiger partial charge in [0, 0.05) is 12.5 Å². The van der Waals surface area contributed by atoms with Gasteiger partial charge < -0.3 is 14.6 Å². The summed E-state index contributed by atoms with van der Waals surface area (Å²) in [5.74, 6) is -1.53. The molecule has 1 N–H and O–H groups in total. The summed E-state index contributed by atoms with van der Waals surface area (Å²) in [5.41, 5.74) is 0.0262. The first-order valence-corrected chi connectivity index (χ1v) is 5.90. The van der Waals surface area contributed by atoms with Crippen molar-refractivity contribution in [1.82, 2.24) is 0 Å². The number of aromatic carboxylic acids is 1. The third-order valence-electron chi connectivity index (χ3n) is 2.31. The lowest BCUT2D eigenvalue weighted by Crippen LogP contribution is -2.24. The van der Waals surface area contributed by atoms with Crippen molar-refractivity contribution >= 4 is 11.9 Å². The van der Waals surface area contributed by atoms with Crippen molar-refractivity contribution < 1.29 is 24.2 Å². The SMILES string of the molecule is C=CC(=O)OC(CCC)Oc1ccccc1C(=O)O. The number of esters is 1. The Kier molecular flexibility index (Phi) is 5.60. The molecule has 0 amide bonds. The normalized spacial score (nSPS) is 11.4. The smallest absolute Gasteiger partial charge is 0.339 e. The molecule has 1 atom stereocenters. The molecule has 0 saturated carbocycles. The molecular formula is C14H16O5. The van der Waals surface area contributed by atoms with Crippen molar-refractivity contribution in [3.8, 4) is 5.75 Å². The lowest BCUT2D eigenvalue weighted by molar-refractivity contribution is -0.158. The highest BCUT2D eigenvalue weighted by atomic mass is 16.7. The molecule has 5 nitrogen and oxygen atoms in total. The fourth-order valence-electron chi connectivity index (χ4n) is 1.44. The zero-order chi connectivity index (χ0) is 14.3. The van der Waals surface area contributed by atoms with Crippen molar-refractivity contribution in [2.45, 2.75) is 26.1 Å². The van der Waals surface area contributed by atoms with Crippen LogP contribution < -0.4 is 4.74 Å². The Bertz CT molecular complexity index is 467. The van der Waals surface area contributed by atoms with E-state index in [-0.39, 0.29) is 11.3 Å². The summed E-state index contributed by atoms with van der Waals surface area (Å²) >= 11 is 0. The predicted molar refractivity (Wildman–Crippen MR) is 69.0 cm³/mol. The largest absolute Gasteiger partial charge is 0.478 e. The van der Waals surface area contributed by atoms with Gasteiger partial charge in [0.25, 0.3) is 0 Å². The highest BCUT2D eigenvalue weighted by molar-refractivity contribution is 5.90. The van der Waals surface area contributed by atoms with Gasteiger partial charge in [0.05, 0.1) is 0 Å². The third kappa shape index (κ3) is 4.46. The van der Waals surface area contributed by atoms with Crippen LogP contribution >= 0.6 is 0 Å².